The Kier molecular flexibility index (Phi) is 2.55. The summed E-state index contributed by atoms with van der Waals surface area (Å²) in [7, 11) is 0. The number of aromatic amines is 1. The van der Waals surface area contributed by atoms with Crippen molar-refractivity contribution in [2.24, 2.45) is 5.73 Å². The van der Waals surface area contributed by atoms with E-state index in [0.717, 1.165) is 29.8 Å². The molecule has 0 saturated heterocycles. The third-order valence-electron chi connectivity index (χ3n) is 1.92. The lowest BCUT2D eigenvalue weighted by atomic mass is 10.3. The SMILES string of the molecule is NCCCNc1ncnc2[nH]ncc12. The first-order valence-corrected chi connectivity index (χ1v) is 4.50. The molecule has 2 heterocycles. The summed E-state index contributed by atoms with van der Waals surface area (Å²) in [5, 5.41) is 10.8. The van der Waals surface area contributed by atoms with Crippen LogP contribution in [-0.2, 0) is 0 Å². The largest absolute Gasteiger partial charge is 0.369 e. The lowest BCUT2D eigenvalue weighted by Crippen LogP contribution is -2.09. The summed E-state index contributed by atoms with van der Waals surface area (Å²) in [5.74, 6) is 0.803. The Hall–Kier alpha value is -1.69. The van der Waals surface area contributed by atoms with Crippen molar-refractivity contribution < 1.29 is 0 Å². The molecule has 0 aromatic carbocycles. The highest BCUT2D eigenvalue weighted by molar-refractivity contribution is 5.85. The Balaban J connectivity index is 2.19. The topological polar surface area (TPSA) is 92.5 Å². The van der Waals surface area contributed by atoms with Crippen molar-refractivity contribution in [2.45, 2.75) is 6.42 Å². The molecule has 6 nitrogen and oxygen atoms in total. The lowest BCUT2D eigenvalue weighted by molar-refractivity contribution is 0.871. The summed E-state index contributed by atoms with van der Waals surface area (Å²) < 4.78 is 0. The fourth-order valence-corrected chi connectivity index (χ4v) is 1.21. The van der Waals surface area contributed by atoms with E-state index >= 15 is 0 Å². The summed E-state index contributed by atoms with van der Waals surface area (Å²) >= 11 is 0. The number of aromatic nitrogens is 4. The molecule has 0 fully saturated rings. The zero-order valence-electron chi connectivity index (χ0n) is 7.70. The molecule has 0 aliphatic rings. The average molecular weight is 192 g/mol. The van der Waals surface area contributed by atoms with E-state index in [1.54, 1.807) is 6.20 Å². The van der Waals surface area contributed by atoms with Gasteiger partial charge in [0.25, 0.3) is 0 Å². The number of anilines is 1. The van der Waals surface area contributed by atoms with Gasteiger partial charge in [0.2, 0.25) is 0 Å². The van der Waals surface area contributed by atoms with Crippen LogP contribution < -0.4 is 11.1 Å². The zero-order chi connectivity index (χ0) is 9.80. The minimum absolute atomic E-state index is 0.673. The summed E-state index contributed by atoms with van der Waals surface area (Å²) in [5.41, 5.74) is 6.14. The van der Waals surface area contributed by atoms with Gasteiger partial charge < -0.3 is 11.1 Å². The molecule has 0 aliphatic carbocycles. The van der Waals surface area contributed by atoms with Crippen LogP contribution in [0.3, 0.4) is 0 Å². The van der Waals surface area contributed by atoms with Crippen molar-refractivity contribution in [2.75, 3.05) is 18.4 Å². The van der Waals surface area contributed by atoms with Crippen LogP contribution in [0.5, 0.6) is 0 Å². The Morgan fingerprint density at radius 2 is 2.36 bits per heavy atom. The lowest BCUT2D eigenvalue weighted by Gasteiger charge is -2.03. The third kappa shape index (κ3) is 1.64. The molecule has 14 heavy (non-hydrogen) atoms. The van der Waals surface area contributed by atoms with E-state index < -0.39 is 0 Å². The maximum Gasteiger partial charge on any atom is 0.160 e. The van der Waals surface area contributed by atoms with Gasteiger partial charge in [-0.15, -0.1) is 0 Å². The monoisotopic (exact) mass is 192 g/mol. The van der Waals surface area contributed by atoms with Gasteiger partial charge in [-0.05, 0) is 13.0 Å². The molecule has 0 spiro atoms. The van der Waals surface area contributed by atoms with Gasteiger partial charge in [-0.25, -0.2) is 9.97 Å². The highest BCUT2D eigenvalue weighted by Crippen LogP contribution is 2.15. The predicted octanol–water partition coefficient (Wildman–Crippen LogP) is 0.114. The molecule has 2 aromatic heterocycles. The molecule has 0 saturated carbocycles. The molecule has 6 heteroatoms. The fraction of sp³-hybridized carbons (Fsp3) is 0.375. The molecule has 0 aliphatic heterocycles. The van der Waals surface area contributed by atoms with Crippen molar-refractivity contribution in [1.82, 2.24) is 20.2 Å². The molecule has 2 aromatic rings. The highest BCUT2D eigenvalue weighted by Gasteiger charge is 2.03. The minimum Gasteiger partial charge on any atom is -0.369 e. The van der Waals surface area contributed by atoms with Crippen LogP contribution >= 0.6 is 0 Å². The maximum absolute atomic E-state index is 5.39. The van der Waals surface area contributed by atoms with E-state index in [2.05, 4.69) is 25.5 Å². The van der Waals surface area contributed by atoms with E-state index in [1.165, 1.54) is 6.33 Å². The second-order valence-corrected chi connectivity index (χ2v) is 2.92. The molecule has 0 unspecified atom stereocenters. The molecule has 0 amide bonds. The van der Waals surface area contributed by atoms with E-state index in [0.29, 0.717) is 6.54 Å². The first-order chi connectivity index (χ1) is 6.92. The zero-order valence-corrected chi connectivity index (χ0v) is 7.70. The molecule has 0 atom stereocenters. The number of nitrogens with one attached hydrogen (secondary N) is 2. The van der Waals surface area contributed by atoms with Gasteiger partial charge in [0.1, 0.15) is 12.1 Å². The molecule has 0 radical (unpaired) electrons. The van der Waals surface area contributed by atoms with Crippen molar-refractivity contribution in [3.05, 3.63) is 12.5 Å². The Morgan fingerprint density at radius 1 is 1.43 bits per heavy atom. The van der Waals surface area contributed by atoms with Crippen molar-refractivity contribution in [3.63, 3.8) is 0 Å². The summed E-state index contributed by atoms with van der Waals surface area (Å²) in [6, 6.07) is 0. The fourth-order valence-electron chi connectivity index (χ4n) is 1.21. The standard InChI is InChI=1S/C8H12N6/c9-2-1-3-10-7-6-4-13-14-8(6)12-5-11-7/h4-5H,1-3,9H2,(H2,10,11,12,13,14). The number of hydrogen-bond acceptors (Lipinski definition) is 5. The van der Waals surface area contributed by atoms with Crippen molar-refractivity contribution >= 4 is 16.9 Å². The summed E-state index contributed by atoms with van der Waals surface area (Å²) in [6.07, 6.45) is 4.13. The van der Waals surface area contributed by atoms with Crippen LogP contribution in [0.25, 0.3) is 11.0 Å². The number of rotatable bonds is 4. The van der Waals surface area contributed by atoms with E-state index in [9.17, 15) is 0 Å². The molecular weight excluding hydrogens is 180 g/mol. The molecule has 4 N–H and O–H groups in total. The first kappa shape index (κ1) is 8.89. The smallest absolute Gasteiger partial charge is 0.160 e. The van der Waals surface area contributed by atoms with Gasteiger partial charge in [0, 0.05) is 6.54 Å². The van der Waals surface area contributed by atoms with Crippen LogP contribution in [0, 0.1) is 0 Å². The quantitative estimate of drug-likeness (QED) is 0.598. The minimum atomic E-state index is 0.673. The molecule has 74 valence electrons. The van der Waals surface area contributed by atoms with Gasteiger partial charge in [-0.3, -0.25) is 5.10 Å². The average Bonchev–Trinajstić information content (AvgIpc) is 2.67. The predicted molar refractivity (Wildman–Crippen MR) is 53.8 cm³/mol. The molecule has 0 bridgehead atoms. The van der Waals surface area contributed by atoms with Crippen LogP contribution in [0.15, 0.2) is 12.5 Å². The third-order valence-corrected chi connectivity index (χ3v) is 1.92. The number of nitrogens with two attached hydrogens (primary N) is 1. The summed E-state index contributed by atoms with van der Waals surface area (Å²) in [4.78, 5) is 8.16. The summed E-state index contributed by atoms with van der Waals surface area (Å²) in [6.45, 7) is 1.49. The van der Waals surface area contributed by atoms with Crippen molar-refractivity contribution in [3.8, 4) is 0 Å². The maximum atomic E-state index is 5.39. The van der Waals surface area contributed by atoms with Gasteiger partial charge in [0.15, 0.2) is 5.65 Å². The second-order valence-electron chi connectivity index (χ2n) is 2.92. The van der Waals surface area contributed by atoms with E-state index in [4.69, 9.17) is 5.73 Å². The van der Waals surface area contributed by atoms with Crippen molar-refractivity contribution in [1.29, 1.82) is 0 Å². The van der Waals surface area contributed by atoms with E-state index in [1.807, 2.05) is 0 Å². The second kappa shape index (κ2) is 4.01. The van der Waals surface area contributed by atoms with E-state index in [-0.39, 0.29) is 0 Å². The number of fused-ring (bicyclic) bond motifs is 1. The van der Waals surface area contributed by atoms with Gasteiger partial charge in [0.05, 0.1) is 11.6 Å². The Labute approximate surface area is 80.9 Å². The first-order valence-electron chi connectivity index (χ1n) is 4.50. The van der Waals surface area contributed by atoms with Crippen LogP contribution in [-0.4, -0.2) is 33.3 Å². The molecule has 2 rings (SSSR count). The van der Waals surface area contributed by atoms with Crippen LogP contribution in [0.4, 0.5) is 5.82 Å². The van der Waals surface area contributed by atoms with Crippen LogP contribution in [0.1, 0.15) is 6.42 Å². The number of hydrogen-bond donors (Lipinski definition) is 3. The number of nitrogens with zero attached hydrogens (tertiary/aromatic N) is 3. The van der Waals surface area contributed by atoms with Crippen LogP contribution in [0.2, 0.25) is 0 Å². The Morgan fingerprint density at radius 3 is 3.21 bits per heavy atom. The van der Waals surface area contributed by atoms with Gasteiger partial charge >= 0.3 is 0 Å². The molecular formula is C8H12N6. The van der Waals surface area contributed by atoms with Gasteiger partial charge in [-0.1, -0.05) is 0 Å². The highest BCUT2D eigenvalue weighted by atomic mass is 15.2. The van der Waals surface area contributed by atoms with Gasteiger partial charge in [-0.2, -0.15) is 5.10 Å². The number of H-pyrrole nitrogens is 1. The Bertz CT molecular complexity index is 409. The normalized spacial score (nSPS) is 10.6.